The molecule has 1 aliphatic heterocycles. The summed E-state index contributed by atoms with van der Waals surface area (Å²) in [7, 11) is 0. The highest BCUT2D eigenvalue weighted by molar-refractivity contribution is 5.81. The molecule has 0 aromatic heterocycles. The van der Waals surface area contributed by atoms with Crippen LogP contribution in [-0.4, -0.2) is 46.8 Å². The highest BCUT2D eigenvalue weighted by Crippen LogP contribution is 2.23. The van der Waals surface area contributed by atoms with E-state index < -0.39 is 0 Å². The van der Waals surface area contributed by atoms with Gasteiger partial charge in [0.1, 0.15) is 0 Å². The third-order valence-corrected chi connectivity index (χ3v) is 3.07. The maximum atomic E-state index is 9.89. The lowest BCUT2D eigenvalue weighted by atomic mass is 9.87. The van der Waals surface area contributed by atoms with Gasteiger partial charge in [-0.15, -0.1) is 0 Å². The molecule has 0 aromatic rings. The summed E-state index contributed by atoms with van der Waals surface area (Å²) >= 11 is 0. The van der Waals surface area contributed by atoms with E-state index in [2.05, 4.69) is 23.9 Å². The van der Waals surface area contributed by atoms with Crippen molar-refractivity contribution < 1.29 is 10.3 Å². The number of nitrogens with zero attached hydrogens (tertiary/aromatic N) is 2. The van der Waals surface area contributed by atoms with Gasteiger partial charge >= 0.3 is 0 Å². The molecule has 16 heavy (non-hydrogen) atoms. The van der Waals surface area contributed by atoms with Crippen molar-refractivity contribution in [3.05, 3.63) is 0 Å². The monoisotopic (exact) mass is 229 g/mol. The van der Waals surface area contributed by atoms with E-state index >= 15 is 0 Å². The summed E-state index contributed by atoms with van der Waals surface area (Å²) in [6, 6.07) is 0. The van der Waals surface area contributed by atoms with Crippen LogP contribution in [0.5, 0.6) is 0 Å². The molecule has 0 aliphatic carbocycles. The van der Waals surface area contributed by atoms with Crippen molar-refractivity contribution in [1.82, 2.24) is 4.90 Å². The Morgan fingerprint density at radius 1 is 1.56 bits per heavy atom. The van der Waals surface area contributed by atoms with E-state index in [9.17, 15) is 5.11 Å². The van der Waals surface area contributed by atoms with Gasteiger partial charge in [0, 0.05) is 13.1 Å². The molecule has 1 saturated heterocycles. The zero-order chi connectivity index (χ0) is 12.1. The lowest BCUT2D eigenvalue weighted by Crippen LogP contribution is -2.46. The fourth-order valence-electron chi connectivity index (χ4n) is 2.34. The summed E-state index contributed by atoms with van der Waals surface area (Å²) in [4.78, 5) is 2.13. The molecule has 1 rings (SSSR count). The highest BCUT2D eigenvalue weighted by Gasteiger charge is 2.28. The largest absolute Gasteiger partial charge is 0.409 e. The van der Waals surface area contributed by atoms with Gasteiger partial charge in [-0.05, 0) is 24.7 Å². The van der Waals surface area contributed by atoms with Crippen molar-refractivity contribution in [3.8, 4) is 0 Å². The van der Waals surface area contributed by atoms with Crippen LogP contribution in [0.25, 0.3) is 0 Å². The molecule has 0 saturated carbocycles. The standard InChI is InChI=1S/C11H23N3O2/c1-8(2)5-9-6-14(4-3-10(9)15)7-11(12)13-16/h8-10,15-16H,3-7H2,1-2H3,(H2,12,13)/t9-,10-/m1/s1. The minimum Gasteiger partial charge on any atom is -0.409 e. The molecular weight excluding hydrogens is 206 g/mol. The molecule has 0 aromatic carbocycles. The molecule has 94 valence electrons. The number of nitrogens with two attached hydrogens (primary N) is 1. The van der Waals surface area contributed by atoms with Crippen molar-refractivity contribution >= 4 is 5.84 Å². The molecule has 1 fully saturated rings. The Balaban J connectivity index is 2.46. The second-order valence-electron chi connectivity index (χ2n) is 5.07. The first kappa shape index (κ1) is 13.3. The molecule has 0 amide bonds. The van der Waals surface area contributed by atoms with E-state index in [4.69, 9.17) is 10.9 Å². The van der Waals surface area contributed by atoms with Crippen molar-refractivity contribution in [1.29, 1.82) is 0 Å². The molecule has 5 heteroatoms. The maximum Gasteiger partial charge on any atom is 0.153 e. The van der Waals surface area contributed by atoms with Crippen LogP contribution in [-0.2, 0) is 0 Å². The van der Waals surface area contributed by atoms with Crippen molar-refractivity contribution in [3.63, 3.8) is 0 Å². The molecule has 0 unspecified atom stereocenters. The SMILES string of the molecule is CC(C)C[C@@H]1CN(CC(N)=NO)CC[C@H]1O. The van der Waals surface area contributed by atoms with Crippen LogP contribution in [0.3, 0.4) is 0 Å². The fraction of sp³-hybridized carbons (Fsp3) is 0.909. The van der Waals surface area contributed by atoms with E-state index in [-0.39, 0.29) is 11.9 Å². The number of oxime groups is 1. The normalized spacial score (nSPS) is 28.6. The quantitative estimate of drug-likeness (QED) is 0.283. The van der Waals surface area contributed by atoms with Gasteiger partial charge in [-0.25, -0.2) is 0 Å². The molecule has 1 aliphatic rings. The maximum absolute atomic E-state index is 9.89. The first-order valence-electron chi connectivity index (χ1n) is 5.89. The average molecular weight is 229 g/mol. The first-order valence-corrected chi connectivity index (χ1v) is 5.89. The number of rotatable bonds is 4. The van der Waals surface area contributed by atoms with E-state index in [1.165, 1.54) is 0 Å². The van der Waals surface area contributed by atoms with Crippen LogP contribution >= 0.6 is 0 Å². The predicted molar refractivity (Wildman–Crippen MR) is 63.4 cm³/mol. The third kappa shape index (κ3) is 3.98. The molecule has 1 heterocycles. The molecule has 0 spiro atoms. The Bertz CT molecular complexity index is 243. The van der Waals surface area contributed by atoms with E-state index in [1.54, 1.807) is 0 Å². The van der Waals surface area contributed by atoms with Crippen LogP contribution in [0.1, 0.15) is 26.7 Å². The molecule has 0 bridgehead atoms. The summed E-state index contributed by atoms with van der Waals surface area (Å²) in [5.74, 6) is 1.13. The van der Waals surface area contributed by atoms with Crippen LogP contribution in [0.2, 0.25) is 0 Å². The number of piperidine rings is 1. The van der Waals surface area contributed by atoms with Crippen molar-refractivity contribution in [2.24, 2.45) is 22.7 Å². The first-order chi connectivity index (χ1) is 7.52. The second-order valence-corrected chi connectivity index (χ2v) is 5.07. The number of likely N-dealkylation sites (tertiary alicyclic amines) is 1. The van der Waals surface area contributed by atoms with Crippen molar-refractivity contribution in [2.75, 3.05) is 19.6 Å². The number of aliphatic hydroxyl groups is 1. The number of amidine groups is 1. The Hall–Kier alpha value is -0.810. The lowest BCUT2D eigenvalue weighted by Gasteiger charge is -2.36. The van der Waals surface area contributed by atoms with Gasteiger partial charge in [-0.3, -0.25) is 4.90 Å². The Labute approximate surface area is 96.9 Å². The van der Waals surface area contributed by atoms with Gasteiger partial charge in [0.2, 0.25) is 0 Å². The van der Waals surface area contributed by atoms with E-state index in [0.717, 1.165) is 25.9 Å². The Morgan fingerprint density at radius 2 is 2.25 bits per heavy atom. The third-order valence-electron chi connectivity index (χ3n) is 3.07. The fourth-order valence-corrected chi connectivity index (χ4v) is 2.34. The Morgan fingerprint density at radius 3 is 2.81 bits per heavy atom. The Kier molecular flexibility index (Phi) is 5.02. The van der Waals surface area contributed by atoms with E-state index in [1.807, 2.05) is 0 Å². The van der Waals surface area contributed by atoms with Crippen LogP contribution in [0.4, 0.5) is 0 Å². The molecule has 5 nitrogen and oxygen atoms in total. The highest BCUT2D eigenvalue weighted by atomic mass is 16.4. The van der Waals surface area contributed by atoms with Crippen LogP contribution in [0, 0.1) is 11.8 Å². The van der Waals surface area contributed by atoms with E-state index in [0.29, 0.717) is 18.4 Å². The predicted octanol–water partition coefficient (Wildman–Crippen LogP) is 0.462. The molecule has 0 radical (unpaired) electrons. The van der Waals surface area contributed by atoms with Gasteiger partial charge < -0.3 is 16.0 Å². The van der Waals surface area contributed by atoms with Crippen molar-refractivity contribution in [2.45, 2.75) is 32.8 Å². The average Bonchev–Trinajstić information content (AvgIpc) is 2.22. The summed E-state index contributed by atoms with van der Waals surface area (Å²) in [5, 5.41) is 21.4. The van der Waals surface area contributed by atoms with Crippen LogP contribution in [0.15, 0.2) is 5.16 Å². The van der Waals surface area contributed by atoms with Crippen LogP contribution < -0.4 is 5.73 Å². The summed E-state index contributed by atoms with van der Waals surface area (Å²) in [6.07, 6.45) is 1.59. The molecule has 4 N–H and O–H groups in total. The summed E-state index contributed by atoms with van der Waals surface area (Å²) in [6.45, 7) is 6.45. The minimum atomic E-state index is -0.203. The molecular formula is C11H23N3O2. The smallest absolute Gasteiger partial charge is 0.153 e. The van der Waals surface area contributed by atoms with Gasteiger partial charge in [-0.1, -0.05) is 19.0 Å². The lowest BCUT2D eigenvalue weighted by molar-refractivity contribution is 0.0228. The van der Waals surface area contributed by atoms with Gasteiger partial charge in [-0.2, -0.15) is 0 Å². The second kappa shape index (κ2) is 6.06. The topological polar surface area (TPSA) is 82.1 Å². The number of aliphatic hydroxyl groups excluding tert-OH is 1. The summed E-state index contributed by atoms with van der Waals surface area (Å²) in [5.41, 5.74) is 5.48. The number of hydrogen-bond donors (Lipinski definition) is 3. The van der Waals surface area contributed by atoms with Gasteiger partial charge in [0.05, 0.1) is 12.6 Å². The number of hydrogen-bond acceptors (Lipinski definition) is 4. The zero-order valence-electron chi connectivity index (χ0n) is 10.1. The summed E-state index contributed by atoms with van der Waals surface area (Å²) < 4.78 is 0. The van der Waals surface area contributed by atoms with Gasteiger partial charge in [0.15, 0.2) is 5.84 Å². The zero-order valence-corrected chi connectivity index (χ0v) is 10.1. The minimum absolute atomic E-state index is 0.203. The molecule has 2 atom stereocenters. The van der Waals surface area contributed by atoms with Gasteiger partial charge in [0.25, 0.3) is 0 Å².